The van der Waals surface area contributed by atoms with Crippen molar-refractivity contribution in [2.24, 2.45) is 0 Å². The van der Waals surface area contributed by atoms with Crippen molar-refractivity contribution in [2.75, 3.05) is 0 Å². The van der Waals surface area contributed by atoms with Gasteiger partial charge in [0.05, 0.1) is 5.25 Å². The molecule has 5 heteroatoms. The van der Waals surface area contributed by atoms with Crippen LogP contribution in [0.4, 0.5) is 0 Å². The summed E-state index contributed by atoms with van der Waals surface area (Å²) in [6.07, 6.45) is 0.734. The minimum Gasteiger partial charge on any atom is -0.480 e. The van der Waals surface area contributed by atoms with Gasteiger partial charge in [-0.15, -0.1) is 0 Å². The Morgan fingerprint density at radius 2 is 2.00 bits per heavy atom. The number of sulfone groups is 1. The van der Waals surface area contributed by atoms with Gasteiger partial charge >= 0.3 is 5.97 Å². The highest BCUT2D eigenvalue weighted by atomic mass is 32.2. The van der Waals surface area contributed by atoms with Crippen LogP contribution in [0.1, 0.15) is 19.8 Å². The normalized spacial score (nSPS) is 35.4. The van der Waals surface area contributed by atoms with Crippen molar-refractivity contribution in [3.63, 3.8) is 0 Å². The van der Waals surface area contributed by atoms with Crippen molar-refractivity contribution < 1.29 is 18.3 Å². The third-order valence-corrected chi connectivity index (χ3v) is 4.66. The van der Waals surface area contributed by atoms with Crippen LogP contribution in [0.2, 0.25) is 0 Å². The third kappa shape index (κ3) is 1.24. The first-order valence-electron chi connectivity index (χ1n) is 3.41. The Labute approximate surface area is 65.1 Å². The fourth-order valence-corrected chi connectivity index (χ4v) is 3.03. The predicted octanol–water partition coefficient (Wildman–Crippen LogP) is 0.0367. The molecule has 0 aliphatic carbocycles. The fraction of sp³-hybridized carbons (Fsp3) is 0.833. The highest BCUT2D eigenvalue weighted by Gasteiger charge is 2.42. The molecule has 1 saturated heterocycles. The number of carbonyl (C=O) groups is 1. The second-order valence-electron chi connectivity index (χ2n) is 2.80. The summed E-state index contributed by atoms with van der Waals surface area (Å²) < 4.78 is 22.3. The van der Waals surface area contributed by atoms with Gasteiger partial charge in [-0.1, -0.05) is 0 Å². The predicted molar refractivity (Wildman–Crippen MR) is 39.0 cm³/mol. The van der Waals surface area contributed by atoms with Crippen LogP contribution in [0.25, 0.3) is 0 Å². The third-order valence-electron chi connectivity index (χ3n) is 2.07. The molecule has 0 aromatic heterocycles. The van der Waals surface area contributed by atoms with Gasteiger partial charge in [-0.2, -0.15) is 0 Å². The first-order chi connectivity index (χ1) is 4.96. The van der Waals surface area contributed by atoms with Crippen LogP contribution in [0, 0.1) is 0 Å². The van der Waals surface area contributed by atoms with Crippen LogP contribution in [0.3, 0.4) is 0 Å². The van der Waals surface area contributed by atoms with Crippen molar-refractivity contribution in [3.8, 4) is 0 Å². The number of hydrogen-bond acceptors (Lipinski definition) is 3. The van der Waals surface area contributed by atoms with Gasteiger partial charge in [-0.05, 0) is 19.8 Å². The molecular formula is C6H10O4S. The van der Waals surface area contributed by atoms with Gasteiger partial charge < -0.3 is 5.11 Å². The van der Waals surface area contributed by atoms with E-state index in [0.717, 1.165) is 0 Å². The van der Waals surface area contributed by atoms with Gasteiger partial charge in [-0.3, -0.25) is 4.79 Å². The van der Waals surface area contributed by atoms with Crippen LogP contribution < -0.4 is 0 Å². The van der Waals surface area contributed by atoms with Gasteiger partial charge in [0.25, 0.3) is 0 Å². The van der Waals surface area contributed by atoms with Crippen molar-refractivity contribution in [1.82, 2.24) is 0 Å². The maximum Gasteiger partial charge on any atom is 0.321 e. The van der Waals surface area contributed by atoms with Crippen LogP contribution in [0.5, 0.6) is 0 Å². The topological polar surface area (TPSA) is 71.4 Å². The molecule has 0 bridgehead atoms. The molecule has 0 radical (unpaired) electrons. The van der Waals surface area contributed by atoms with Gasteiger partial charge in [0.1, 0.15) is 0 Å². The highest BCUT2D eigenvalue weighted by Crippen LogP contribution is 2.26. The van der Waals surface area contributed by atoms with Crippen LogP contribution in [-0.2, 0) is 14.6 Å². The first kappa shape index (κ1) is 8.52. The lowest BCUT2D eigenvalue weighted by Gasteiger charge is -2.04. The van der Waals surface area contributed by atoms with Crippen LogP contribution in [-0.4, -0.2) is 30.0 Å². The Hall–Kier alpha value is -0.580. The average Bonchev–Trinajstić information content (AvgIpc) is 2.08. The van der Waals surface area contributed by atoms with E-state index in [0.29, 0.717) is 6.42 Å². The maximum atomic E-state index is 11.2. The number of hydrogen-bond donors (Lipinski definition) is 1. The molecular weight excluding hydrogens is 168 g/mol. The molecule has 0 amide bonds. The first-order valence-corrected chi connectivity index (χ1v) is 5.02. The number of rotatable bonds is 1. The second-order valence-corrected chi connectivity index (χ2v) is 5.36. The van der Waals surface area contributed by atoms with Crippen molar-refractivity contribution in [1.29, 1.82) is 0 Å². The summed E-state index contributed by atoms with van der Waals surface area (Å²) in [6, 6.07) is 0. The molecule has 1 N–H and O–H groups in total. The molecule has 1 aliphatic heterocycles. The lowest BCUT2D eigenvalue weighted by molar-refractivity contribution is -0.136. The van der Waals surface area contributed by atoms with E-state index in [2.05, 4.69) is 0 Å². The van der Waals surface area contributed by atoms with Crippen LogP contribution in [0.15, 0.2) is 0 Å². The van der Waals surface area contributed by atoms with E-state index in [4.69, 9.17) is 5.11 Å². The molecule has 0 aromatic rings. The second kappa shape index (κ2) is 2.48. The molecule has 2 unspecified atom stereocenters. The number of carboxylic acid groups (broad SMARTS) is 1. The van der Waals surface area contributed by atoms with E-state index in [9.17, 15) is 13.2 Å². The Morgan fingerprint density at radius 3 is 2.18 bits per heavy atom. The largest absolute Gasteiger partial charge is 0.480 e. The molecule has 1 rings (SSSR count). The summed E-state index contributed by atoms with van der Waals surface area (Å²) in [5.74, 6) is -1.21. The summed E-state index contributed by atoms with van der Waals surface area (Å²) in [7, 11) is -3.36. The maximum absolute atomic E-state index is 11.2. The Balaban J connectivity index is 2.97. The average molecular weight is 178 g/mol. The quantitative estimate of drug-likeness (QED) is 0.615. The summed E-state index contributed by atoms with van der Waals surface area (Å²) in [4.78, 5) is 10.4. The number of carboxylic acids is 1. The molecule has 1 heterocycles. The summed E-state index contributed by atoms with van der Waals surface area (Å²) >= 11 is 0. The van der Waals surface area contributed by atoms with Crippen molar-refractivity contribution in [2.45, 2.75) is 30.3 Å². The minimum absolute atomic E-state index is 0.263. The highest BCUT2D eigenvalue weighted by molar-refractivity contribution is 7.93. The molecule has 0 saturated carbocycles. The van der Waals surface area contributed by atoms with Crippen molar-refractivity contribution in [3.05, 3.63) is 0 Å². The fourth-order valence-electron chi connectivity index (χ4n) is 1.26. The van der Waals surface area contributed by atoms with E-state index in [1.54, 1.807) is 6.92 Å². The summed E-state index contributed by atoms with van der Waals surface area (Å²) in [6.45, 7) is 1.55. The van der Waals surface area contributed by atoms with Gasteiger partial charge in [-0.25, -0.2) is 8.42 Å². The van der Waals surface area contributed by atoms with Crippen LogP contribution >= 0.6 is 0 Å². The molecule has 11 heavy (non-hydrogen) atoms. The van der Waals surface area contributed by atoms with E-state index in [1.807, 2.05) is 0 Å². The van der Waals surface area contributed by atoms with Gasteiger partial charge in [0.2, 0.25) is 0 Å². The standard InChI is InChI=1S/C6H10O4S/c1-4-2-3-5(6(7)8)11(4,9)10/h4-5H,2-3H2,1H3,(H,7,8). The molecule has 64 valence electrons. The lowest BCUT2D eigenvalue weighted by atomic mass is 10.2. The molecule has 1 aliphatic rings. The van der Waals surface area contributed by atoms with E-state index in [1.165, 1.54) is 0 Å². The zero-order chi connectivity index (χ0) is 8.65. The monoisotopic (exact) mass is 178 g/mol. The van der Waals surface area contributed by atoms with Gasteiger partial charge in [0, 0.05) is 0 Å². The SMILES string of the molecule is CC1CCC(C(=O)O)S1(=O)=O. The Bertz CT molecular complexity index is 266. The number of aliphatic carboxylic acids is 1. The summed E-state index contributed by atoms with van der Waals surface area (Å²) in [5, 5.41) is 6.85. The summed E-state index contributed by atoms with van der Waals surface area (Å²) in [5.41, 5.74) is 0. The van der Waals surface area contributed by atoms with Crippen molar-refractivity contribution >= 4 is 15.8 Å². The molecule has 0 spiro atoms. The lowest BCUT2D eigenvalue weighted by Crippen LogP contribution is -2.28. The Kier molecular flexibility index (Phi) is 1.92. The van der Waals surface area contributed by atoms with E-state index < -0.39 is 26.3 Å². The zero-order valence-electron chi connectivity index (χ0n) is 6.15. The molecule has 1 fully saturated rings. The molecule has 0 aromatic carbocycles. The minimum atomic E-state index is -3.36. The molecule has 4 nitrogen and oxygen atoms in total. The van der Waals surface area contributed by atoms with Gasteiger partial charge in [0.15, 0.2) is 15.1 Å². The smallest absolute Gasteiger partial charge is 0.321 e. The molecule has 2 atom stereocenters. The Morgan fingerprint density at radius 1 is 1.45 bits per heavy atom. The van der Waals surface area contributed by atoms with E-state index >= 15 is 0 Å². The van der Waals surface area contributed by atoms with E-state index in [-0.39, 0.29) is 6.42 Å². The zero-order valence-corrected chi connectivity index (χ0v) is 6.97.